The number of carbonyl (C=O) groups is 2. The fourth-order valence-corrected chi connectivity index (χ4v) is 5.39. The summed E-state index contributed by atoms with van der Waals surface area (Å²) in [5.41, 5.74) is 4.10. The molecule has 4 heteroatoms. The Hall–Kier alpha value is -3.40. The Morgan fingerprint density at radius 3 is 2.30 bits per heavy atom. The van der Waals surface area contributed by atoms with Crippen LogP contribution in [0.3, 0.4) is 0 Å². The van der Waals surface area contributed by atoms with Gasteiger partial charge in [-0.25, -0.2) is 0 Å². The van der Waals surface area contributed by atoms with Gasteiger partial charge in [0.1, 0.15) is 0 Å². The van der Waals surface area contributed by atoms with Crippen molar-refractivity contribution in [2.45, 2.75) is 57.3 Å². The molecular weight excluding hydrogens is 456 g/mol. The number of rotatable bonds is 10. The summed E-state index contributed by atoms with van der Waals surface area (Å²) < 4.78 is 0. The summed E-state index contributed by atoms with van der Waals surface area (Å²) in [5, 5.41) is 3.21. The van der Waals surface area contributed by atoms with Crippen LogP contribution in [0.5, 0.6) is 0 Å². The fourth-order valence-electron chi connectivity index (χ4n) is 5.39. The Kier molecular flexibility index (Phi) is 8.81. The molecule has 0 spiro atoms. The third-order valence-electron chi connectivity index (χ3n) is 8.13. The van der Waals surface area contributed by atoms with Gasteiger partial charge in [-0.15, -0.1) is 0 Å². The molecule has 1 aliphatic carbocycles. The number of piperidine rings is 1. The van der Waals surface area contributed by atoms with Crippen molar-refractivity contribution >= 4 is 11.8 Å². The van der Waals surface area contributed by atoms with E-state index in [0.717, 1.165) is 30.4 Å². The van der Waals surface area contributed by atoms with Gasteiger partial charge in [-0.05, 0) is 61.6 Å². The van der Waals surface area contributed by atoms with E-state index >= 15 is 0 Å². The van der Waals surface area contributed by atoms with Gasteiger partial charge in [0, 0.05) is 25.6 Å². The number of likely N-dealkylation sites (tertiary alicyclic amines) is 1. The number of nitrogens with zero attached hydrogens (tertiary/aromatic N) is 1. The van der Waals surface area contributed by atoms with Gasteiger partial charge in [-0.2, -0.15) is 0 Å². The van der Waals surface area contributed by atoms with Crippen LogP contribution in [0.25, 0.3) is 0 Å². The Morgan fingerprint density at radius 2 is 1.68 bits per heavy atom. The highest BCUT2D eigenvalue weighted by Crippen LogP contribution is 2.49. The van der Waals surface area contributed by atoms with E-state index in [0.29, 0.717) is 38.4 Å². The zero-order valence-electron chi connectivity index (χ0n) is 22.3. The molecular formula is C33H40N2O2. The van der Waals surface area contributed by atoms with Gasteiger partial charge in [0.2, 0.25) is 11.8 Å². The van der Waals surface area contributed by atoms with Crippen LogP contribution >= 0.6 is 0 Å². The molecule has 4 rings (SSSR count). The number of hydrogen-bond donors (Lipinski definition) is 1. The molecule has 194 valence electrons. The number of carbonyl (C=O) groups excluding carboxylic acids is 2. The maximum absolute atomic E-state index is 13.7. The van der Waals surface area contributed by atoms with Gasteiger partial charge in [-0.3, -0.25) is 9.59 Å². The normalized spacial score (nSPS) is 21.3. The second-order valence-electron chi connectivity index (χ2n) is 10.5. The molecule has 2 aliphatic rings. The minimum Gasteiger partial charge on any atom is -0.355 e. The number of nitrogens with one attached hydrogen (secondary N) is 1. The highest BCUT2D eigenvalue weighted by atomic mass is 16.2. The lowest BCUT2D eigenvalue weighted by atomic mass is 9.72. The van der Waals surface area contributed by atoms with E-state index in [1.54, 1.807) is 0 Å². The van der Waals surface area contributed by atoms with Gasteiger partial charge in [0.15, 0.2) is 0 Å². The third-order valence-corrected chi connectivity index (χ3v) is 8.13. The van der Waals surface area contributed by atoms with Gasteiger partial charge in [0.05, 0.1) is 5.41 Å². The lowest BCUT2D eigenvalue weighted by Gasteiger charge is -2.41. The van der Waals surface area contributed by atoms with Crippen LogP contribution in [-0.2, 0) is 15.0 Å². The third kappa shape index (κ3) is 6.30. The standard InChI is InChI=1S/C33H40N2O2/c1-4-25(3)16-17-26(5-2)18-21-34-32(37)33(28-14-10-7-11-15-28)19-22-35(23-20-33)31(36)30-24-29(30)27-12-8-6-9-13-27/h5-17,29-30H,2,4,18-24H2,1,3H3,(H,34,37)/b25-16+,26-17+. The molecule has 0 aromatic heterocycles. The molecule has 1 saturated heterocycles. The summed E-state index contributed by atoms with van der Waals surface area (Å²) in [6.45, 7) is 9.97. The van der Waals surface area contributed by atoms with E-state index in [2.05, 4.69) is 62.2 Å². The fraction of sp³-hybridized carbons (Fsp3) is 0.394. The molecule has 2 fully saturated rings. The molecule has 4 nitrogen and oxygen atoms in total. The molecule has 1 aliphatic heterocycles. The van der Waals surface area contributed by atoms with Crippen LogP contribution < -0.4 is 5.32 Å². The molecule has 0 bridgehead atoms. The second kappa shape index (κ2) is 12.2. The van der Waals surface area contributed by atoms with Crippen molar-refractivity contribution in [3.8, 4) is 0 Å². The molecule has 1 N–H and O–H groups in total. The van der Waals surface area contributed by atoms with E-state index in [1.807, 2.05) is 47.4 Å². The van der Waals surface area contributed by atoms with Crippen molar-refractivity contribution in [1.82, 2.24) is 10.2 Å². The summed E-state index contributed by atoms with van der Waals surface area (Å²) in [4.78, 5) is 29.0. The Balaban J connectivity index is 1.40. The quantitative estimate of drug-likeness (QED) is 0.391. The zero-order chi connectivity index (χ0) is 26.3. The summed E-state index contributed by atoms with van der Waals surface area (Å²) >= 11 is 0. The molecule has 1 heterocycles. The number of benzene rings is 2. The van der Waals surface area contributed by atoms with Crippen LogP contribution in [0.2, 0.25) is 0 Å². The first-order valence-electron chi connectivity index (χ1n) is 13.6. The topological polar surface area (TPSA) is 49.4 Å². The number of allylic oxidation sites excluding steroid dienone is 4. The lowest BCUT2D eigenvalue weighted by Crippen LogP contribution is -2.53. The maximum Gasteiger partial charge on any atom is 0.230 e. The minimum absolute atomic E-state index is 0.0584. The summed E-state index contributed by atoms with van der Waals surface area (Å²) in [7, 11) is 0. The Labute approximate surface area is 222 Å². The monoisotopic (exact) mass is 496 g/mol. The van der Waals surface area contributed by atoms with E-state index in [1.165, 1.54) is 11.1 Å². The van der Waals surface area contributed by atoms with Crippen LogP contribution in [0, 0.1) is 5.92 Å². The van der Waals surface area contributed by atoms with Gasteiger partial charge >= 0.3 is 0 Å². The van der Waals surface area contributed by atoms with E-state index in [-0.39, 0.29) is 17.7 Å². The van der Waals surface area contributed by atoms with E-state index in [4.69, 9.17) is 0 Å². The first-order chi connectivity index (χ1) is 18.0. The first-order valence-corrected chi connectivity index (χ1v) is 13.6. The molecule has 2 aromatic rings. The number of hydrogen-bond acceptors (Lipinski definition) is 2. The van der Waals surface area contributed by atoms with Gasteiger partial charge in [0.25, 0.3) is 0 Å². The smallest absolute Gasteiger partial charge is 0.230 e. The zero-order valence-corrected chi connectivity index (χ0v) is 22.3. The molecule has 1 saturated carbocycles. The largest absolute Gasteiger partial charge is 0.355 e. The predicted octanol–water partition coefficient (Wildman–Crippen LogP) is 6.33. The highest BCUT2D eigenvalue weighted by molar-refractivity contribution is 5.89. The van der Waals surface area contributed by atoms with Crippen molar-refractivity contribution in [3.05, 3.63) is 108 Å². The Morgan fingerprint density at radius 1 is 1.03 bits per heavy atom. The maximum atomic E-state index is 13.7. The average molecular weight is 497 g/mol. The minimum atomic E-state index is -0.614. The molecule has 2 atom stereocenters. The lowest BCUT2D eigenvalue weighted by molar-refractivity contribution is -0.138. The van der Waals surface area contributed by atoms with Crippen molar-refractivity contribution in [3.63, 3.8) is 0 Å². The summed E-state index contributed by atoms with van der Waals surface area (Å²) in [6.07, 6.45) is 10.0. The van der Waals surface area contributed by atoms with Crippen molar-refractivity contribution in [2.75, 3.05) is 19.6 Å². The molecule has 37 heavy (non-hydrogen) atoms. The molecule has 2 unspecified atom stereocenters. The van der Waals surface area contributed by atoms with Crippen LogP contribution in [-0.4, -0.2) is 36.3 Å². The average Bonchev–Trinajstić information content (AvgIpc) is 3.76. The molecule has 0 radical (unpaired) electrons. The molecule has 2 aromatic carbocycles. The van der Waals surface area contributed by atoms with Crippen molar-refractivity contribution in [1.29, 1.82) is 0 Å². The second-order valence-corrected chi connectivity index (χ2v) is 10.5. The predicted molar refractivity (Wildman–Crippen MR) is 151 cm³/mol. The van der Waals surface area contributed by atoms with Crippen LogP contribution in [0.15, 0.2) is 96.6 Å². The van der Waals surface area contributed by atoms with Crippen molar-refractivity contribution in [2.24, 2.45) is 5.92 Å². The Bertz CT molecular complexity index is 1140. The number of amides is 2. The SMILES string of the molecule is C=C/C(=C\C=C(/C)CC)CCNC(=O)C1(c2ccccc2)CCN(C(=O)C2CC2c2ccccc2)CC1. The van der Waals surface area contributed by atoms with E-state index in [9.17, 15) is 9.59 Å². The van der Waals surface area contributed by atoms with E-state index < -0.39 is 5.41 Å². The van der Waals surface area contributed by atoms with Gasteiger partial charge in [-0.1, -0.05) is 98.0 Å². The first kappa shape index (κ1) is 26.7. The van der Waals surface area contributed by atoms with Crippen LogP contribution in [0.4, 0.5) is 0 Å². The summed E-state index contributed by atoms with van der Waals surface area (Å²) in [6, 6.07) is 20.4. The van der Waals surface area contributed by atoms with Crippen molar-refractivity contribution < 1.29 is 9.59 Å². The van der Waals surface area contributed by atoms with Gasteiger partial charge < -0.3 is 10.2 Å². The molecule has 2 amide bonds. The van der Waals surface area contributed by atoms with Crippen LogP contribution in [0.1, 0.15) is 63.0 Å². The summed E-state index contributed by atoms with van der Waals surface area (Å²) in [5.74, 6) is 0.714. The highest BCUT2D eigenvalue weighted by Gasteiger charge is 2.49.